The van der Waals surface area contributed by atoms with Crippen molar-refractivity contribution in [1.82, 2.24) is 0 Å². The summed E-state index contributed by atoms with van der Waals surface area (Å²) in [5, 5.41) is 7.25. The molecule has 0 bridgehead atoms. The Morgan fingerprint density at radius 2 is 1.93 bits per heavy atom. The number of nitrogens with two attached hydrogens (primary N) is 1. The van der Waals surface area contributed by atoms with E-state index in [1.807, 2.05) is 0 Å². The van der Waals surface area contributed by atoms with Gasteiger partial charge in [0, 0.05) is 12.7 Å². The molecule has 0 rings (SSSR count). The molecular weight excluding hydrogens is 226 g/mol. The van der Waals surface area contributed by atoms with Crippen molar-refractivity contribution in [3.8, 4) is 0 Å². The lowest BCUT2D eigenvalue weighted by Crippen LogP contribution is -2.37. The van der Waals surface area contributed by atoms with Crippen molar-refractivity contribution >= 4 is 21.8 Å². The van der Waals surface area contributed by atoms with Crippen LogP contribution in [0.3, 0.4) is 0 Å². The number of hydrogen-bond donors (Lipinski definition) is 2. The Balaban J connectivity index is 4.71. The standard InChI is InChI=1S/C7H13NO6S/c1-14-7(11)4(6(9)10)3-5(8)15(2,12)13/h4-5H,3,8H2,1-2H3,(H,9,10). The molecular formula is C7H13NO6S. The molecule has 2 unspecified atom stereocenters. The number of carboxylic acid groups (broad SMARTS) is 1. The van der Waals surface area contributed by atoms with Gasteiger partial charge in [0.05, 0.1) is 7.11 Å². The summed E-state index contributed by atoms with van der Waals surface area (Å²) in [4.78, 5) is 21.6. The van der Waals surface area contributed by atoms with Gasteiger partial charge in [-0.2, -0.15) is 0 Å². The smallest absolute Gasteiger partial charge is 0.320 e. The number of aliphatic carboxylic acids is 1. The molecule has 0 aliphatic heterocycles. The fourth-order valence-corrected chi connectivity index (χ4v) is 1.39. The van der Waals surface area contributed by atoms with Gasteiger partial charge in [0.15, 0.2) is 15.8 Å². The Labute approximate surface area is 87.1 Å². The van der Waals surface area contributed by atoms with Gasteiger partial charge < -0.3 is 15.6 Å². The number of rotatable bonds is 5. The molecule has 2 atom stereocenters. The summed E-state index contributed by atoms with van der Waals surface area (Å²) in [6.45, 7) is 0. The highest BCUT2D eigenvalue weighted by atomic mass is 32.2. The van der Waals surface area contributed by atoms with E-state index in [0.717, 1.165) is 13.4 Å². The predicted molar refractivity (Wildman–Crippen MR) is 50.6 cm³/mol. The van der Waals surface area contributed by atoms with Crippen molar-refractivity contribution in [2.24, 2.45) is 11.7 Å². The van der Waals surface area contributed by atoms with Crippen molar-refractivity contribution in [3.63, 3.8) is 0 Å². The van der Waals surface area contributed by atoms with Crippen LogP contribution in [0.25, 0.3) is 0 Å². The zero-order valence-corrected chi connectivity index (χ0v) is 9.15. The molecule has 0 amide bonds. The largest absolute Gasteiger partial charge is 0.481 e. The summed E-state index contributed by atoms with van der Waals surface area (Å²) in [5.41, 5.74) is 5.22. The van der Waals surface area contributed by atoms with E-state index in [2.05, 4.69) is 4.74 Å². The number of methoxy groups -OCH3 is 1. The first-order valence-corrected chi connectivity index (χ1v) is 5.90. The fourth-order valence-electron chi connectivity index (χ4n) is 0.847. The van der Waals surface area contributed by atoms with E-state index in [9.17, 15) is 18.0 Å². The monoisotopic (exact) mass is 239 g/mol. The van der Waals surface area contributed by atoms with Gasteiger partial charge in [-0.05, 0) is 0 Å². The molecule has 0 aromatic rings. The molecule has 0 fully saturated rings. The molecule has 7 nitrogen and oxygen atoms in total. The number of carboxylic acids is 1. The van der Waals surface area contributed by atoms with Crippen LogP contribution in [-0.4, -0.2) is 44.2 Å². The van der Waals surface area contributed by atoms with E-state index >= 15 is 0 Å². The number of carbonyl (C=O) groups excluding carboxylic acids is 1. The molecule has 0 aromatic heterocycles. The molecule has 0 saturated heterocycles. The fraction of sp³-hybridized carbons (Fsp3) is 0.714. The van der Waals surface area contributed by atoms with Crippen LogP contribution in [0.4, 0.5) is 0 Å². The molecule has 0 spiro atoms. The predicted octanol–water partition coefficient (Wildman–Crippen LogP) is -1.42. The van der Waals surface area contributed by atoms with E-state index in [1.54, 1.807) is 0 Å². The summed E-state index contributed by atoms with van der Waals surface area (Å²) < 4.78 is 26.1. The topological polar surface area (TPSA) is 124 Å². The van der Waals surface area contributed by atoms with E-state index in [4.69, 9.17) is 10.8 Å². The maximum absolute atomic E-state index is 11.0. The lowest BCUT2D eigenvalue weighted by atomic mass is 10.1. The average Bonchev–Trinajstić information content (AvgIpc) is 2.10. The van der Waals surface area contributed by atoms with Gasteiger partial charge in [0.2, 0.25) is 0 Å². The van der Waals surface area contributed by atoms with Gasteiger partial charge in [-0.15, -0.1) is 0 Å². The van der Waals surface area contributed by atoms with Crippen LogP contribution in [0.15, 0.2) is 0 Å². The van der Waals surface area contributed by atoms with E-state index in [-0.39, 0.29) is 0 Å². The Kier molecular flexibility index (Phi) is 4.69. The molecule has 0 aromatic carbocycles. The minimum absolute atomic E-state index is 0.499. The molecule has 0 saturated carbocycles. The van der Waals surface area contributed by atoms with Gasteiger partial charge >= 0.3 is 11.9 Å². The highest BCUT2D eigenvalue weighted by Crippen LogP contribution is 2.11. The second-order valence-electron chi connectivity index (χ2n) is 3.02. The van der Waals surface area contributed by atoms with Crippen LogP contribution in [0.2, 0.25) is 0 Å². The summed E-state index contributed by atoms with van der Waals surface area (Å²) in [6, 6.07) is 0. The zero-order chi connectivity index (χ0) is 12.2. The Bertz CT molecular complexity index is 348. The lowest BCUT2D eigenvalue weighted by Gasteiger charge is -2.14. The number of hydrogen-bond acceptors (Lipinski definition) is 6. The van der Waals surface area contributed by atoms with E-state index in [0.29, 0.717) is 0 Å². The maximum Gasteiger partial charge on any atom is 0.320 e. The van der Waals surface area contributed by atoms with Crippen molar-refractivity contribution in [1.29, 1.82) is 0 Å². The van der Waals surface area contributed by atoms with Gasteiger partial charge in [0.25, 0.3) is 0 Å². The Morgan fingerprint density at radius 1 is 1.47 bits per heavy atom. The normalized spacial score (nSPS) is 15.4. The number of ether oxygens (including phenoxy) is 1. The minimum Gasteiger partial charge on any atom is -0.481 e. The van der Waals surface area contributed by atoms with Gasteiger partial charge in [-0.1, -0.05) is 0 Å². The summed E-state index contributed by atoms with van der Waals surface area (Å²) in [5.74, 6) is -4.03. The maximum atomic E-state index is 11.0. The lowest BCUT2D eigenvalue weighted by molar-refractivity contribution is -0.157. The van der Waals surface area contributed by atoms with Crippen LogP contribution in [0.5, 0.6) is 0 Å². The average molecular weight is 239 g/mol. The number of esters is 1. The first kappa shape index (κ1) is 13.8. The van der Waals surface area contributed by atoms with Crippen LogP contribution in [0.1, 0.15) is 6.42 Å². The second kappa shape index (κ2) is 5.08. The molecule has 3 N–H and O–H groups in total. The van der Waals surface area contributed by atoms with Gasteiger partial charge in [-0.3, -0.25) is 9.59 Å². The Hall–Kier alpha value is -1.15. The molecule has 8 heteroatoms. The Morgan fingerprint density at radius 3 is 2.20 bits per heavy atom. The molecule has 88 valence electrons. The second-order valence-corrected chi connectivity index (χ2v) is 5.28. The highest BCUT2D eigenvalue weighted by Gasteiger charge is 2.32. The summed E-state index contributed by atoms with van der Waals surface area (Å²) >= 11 is 0. The molecule has 0 aliphatic carbocycles. The molecule has 0 heterocycles. The molecule has 0 radical (unpaired) electrons. The van der Waals surface area contributed by atoms with Crippen molar-refractivity contribution in [2.45, 2.75) is 11.8 Å². The van der Waals surface area contributed by atoms with Crippen LogP contribution in [0, 0.1) is 5.92 Å². The minimum atomic E-state index is -3.57. The van der Waals surface area contributed by atoms with Crippen molar-refractivity contribution < 1.29 is 27.9 Å². The quantitative estimate of drug-likeness (QED) is 0.445. The van der Waals surface area contributed by atoms with Crippen LogP contribution >= 0.6 is 0 Å². The SMILES string of the molecule is COC(=O)C(CC(N)S(C)(=O)=O)C(=O)O. The summed E-state index contributed by atoms with van der Waals surface area (Å²) in [7, 11) is -2.55. The number of carbonyl (C=O) groups is 2. The first-order valence-electron chi connectivity index (χ1n) is 3.95. The van der Waals surface area contributed by atoms with Gasteiger partial charge in [-0.25, -0.2) is 8.42 Å². The molecule has 15 heavy (non-hydrogen) atoms. The van der Waals surface area contributed by atoms with Crippen LogP contribution in [-0.2, 0) is 24.2 Å². The third-order valence-corrected chi connectivity index (χ3v) is 3.09. The van der Waals surface area contributed by atoms with Gasteiger partial charge in [0.1, 0.15) is 5.37 Å². The third kappa shape index (κ3) is 4.26. The highest BCUT2D eigenvalue weighted by molar-refractivity contribution is 7.91. The van der Waals surface area contributed by atoms with Crippen molar-refractivity contribution in [3.05, 3.63) is 0 Å². The first-order chi connectivity index (χ1) is 6.70. The third-order valence-electron chi connectivity index (χ3n) is 1.80. The zero-order valence-electron chi connectivity index (χ0n) is 8.34. The van der Waals surface area contributed by atoms with Crippen molar-refractivity contribution in [2.75, 3.05) is 13.4 Å². The summed E-state index contributed by atoms with van der Waals surface area (Å²) in [6.07, 6.45) is 0.370. The molecule has 0 aliphatic rings. The van der Waals surface area contributed by atoms with E-state index < -0.39 is 39.5 Å². The van der Waals surface area contributed by atoms with E-state index in [1.165, 1.54) is 0 Å². The number of sulfone groups is 1. The van der Waals surface area contributed by atoms with Crippen LogP contribution < -0.4 is 5.73 Å².